The number of benzene rings is 2. The van der Waals surface area contributed by atoms with E-state index in [0.717, 1.165) is 22.4 Å². The van der Waals surface area contributed by atoms with Crippen molar-refractivity contribution in [1.82, 2.24) is 0 Å². The molecule has 2 heteroatoms. The molecule has 0 spiro atoms. The number of hydrogen-bond donors (Lipinski definition) is 0. The molecule has 0 saturated carbocycles. The highest BCUT2D eigenvalue weighted by Gasteiger charge is 2.11. The molecule has 2 rings (SSSR count). The summed E-state index contributed by atoms with van der Waals surface area (Å²) in [6, 6.07) is 13.6. The molecule has 2 nitrogen and oxygen atoms in total. The van der Waals surface area contributed by atoms with E-state index >= 15 is 0 Å². The summed E-state index contributed by atoms with van der Waals surface area (Å²) in [5, 5.41) is 0. The monoisotopic (exact) mass is 253 g/mol. The number of aryl methyl sites for hydroxylation is 2. The summed E-state index contributed by atoms with van der Waals surface area (Å²) in [5.74, 6) is 0.0859. The minimum Gasteiger partial charge on any atom is -0.378 e. The zero-order valence-electron chi connectivity index (χ0n) is 11.9. The van der Waals surface area contributed by atoms with Crippen molar-refractivity contribution in [2.45, 2.75) is 13.8 Å². The molecule has 0 fully saturated rings. The fraction of sp³-hybridized carbons (Fsp3) is 0.235. The number of carbonyl (C=O) groups excluding carboxylic acids is 1. The largest absolute Gasteiger partial charge is 0.378 e. The first-order chi connectivity index (χ1) is 8.99. The second-order valence-electron chi connectivity index (χ2n) is 5.09. The zero-order chi connectivity index (χ0) is 14.0. The summed E-state index contributed by atoms with van der Waals surface area (Å²) in [6.07, 6.45) is 0. The third-order valence-corrected chi connectivity index (χ3v) is 3.27. The third-order valence-electron chi connectivity index (χ3n) is 3.27. The number of rotatable bonds is 3. The van der Waals surface area contributed by atoms with Crippen LogP contribution < -0.4 is 4.90 Å². The Morgan fingerprint density at radius 1 is 0.947 bits per heavy atom. The van der Waals surface area contributed by atoms with E-state index in [1.54, 1.807) is 0 Å². The standard InChI is InChI=1S/C17H19NO/c1-12-5-10-16(13(2)11-12)17(19)14-6-8-15(9-7-14)18(3)4/h5-11H,1-4H3. The highest BCUT2D eigenvalue weighted by molar-refractivity contribution is 6.10. The van der Waals surface area contributed by atoms with E-state index in [2.05, 4.69) is 0 Å². The summed E-state index contributed by atoms with van der Waals surface area (Å²) in [6.45, 7) is 4.02. The summed E-state index contributed by atoms with van der Waals surface area (Å²) in [5.41, 5.74) is 4.82. The summed E-state index contributed by atoms with van der Waals surface area (Å²) >= 11 is 0. The molecule has 0 atom stereocenters. The fourth-order valence-corrected chi connectivity index (χ4v) is 2.13. The Kier molecular flexibility index (Phi) is 3.70. The number of anilines is 1. The highest BCUT2D eigenvalue weighted by Crippen LogP contribution is 2.18. The van der Waals surface area contributed by atoms with Crippen LogP contribution in [0, 0.1) is 13.8 Å². The maximum Gasteiger partial charge on any atom is 0.193 e. The fourth-order valence-electron chi connectivity index (χ4n) is 2.13. The lowest BCUT2D eigenvalue weighted by Gasteiger charge is -2.12. The third kappa shape index (κ3) is 2.84. The van der Waals surface area contributed by atoms with Crippen LogP contribution in [0.5, 0.6) is 0 Å². The molecule has 0 amide bonds. The topological polar surface area (TPSA) is 20.3 Å². The van der Waals surface area contributed by atoms with Crippen molar-refractivity contribution in [3.8, 4) is 0 Å². The summed E-state index contributed by atoms with van der Waals surface area (Å²) < 4.78 is 0. The zero-order valence-corrected chi connectivity index (χ0v) is 11.9. The Balaban J connectivity index is 2.33. The second kappa shape index (κ2) is 5.27. The van der Waals surface area contributed by atoms with E-state index in [1.165, 1.54) is 5.56 Å². The Morgan fingerprint density at radius 3 is 2.11 bits per heavy atom. The van der Waals surface area contributed by atoms with E-state index in [9.17, 15) is 4.79 Å². The molecular weight excluding hydrogens is 234 g/mol. The van der Waals surface area contributed by atoms with Crippen LogP contribution in [0.3, 0.4) is 0 Å². The molecule has 0 aromatic heterocycles. The molecule has 0 aliphatic rings. The predicted octanol–water partition coefficient (Wildman–Crippen LogP) is 3.60. The first kappa shape index (κ1) is 13.3. The molecule has 0 N–H and O–H groups in total. The van der Waals surface area contributed by atoms with Crippen molar-refractivity contribution in [3.05, 3.63) is 64.7 Å². The first-order valence-corrected chi connectivity index (χ1v) is 6.38. The molecule has 2 aromatic rings. The average Bonchev–Trinajstić information content (AvgIpc) is 2.38. The van der Waals surface area contributed by atoms with Crippen LogP contribution in [0.1, 0.15) is 27.0 Å². The SMILES string of the molecule is Cc1ccc(C(=O)c2ccc(N(C)C)cc2)c(C)c1. The molecule has 0 heterocycles. The Labute approximate surface area is 114 Å². The predicted molar refractivity (Wildman–Crippen MR) is 80.1 cm³/mol. The molecule has 19 heavy (non-hydrogen) atoms. The van der Waals surface area contributed by atoms with Gasteiger partial charge in [-0.15, -0.1) is 0 Å². The average molecular weight is 253 g/mol. The molecule has 0 aliphatic heterocycles. The molecule has 98 valence electrons. The van der Waals surface area contributed by atoms with Gasteiger partial charge in [0, 0.05) is 30.9 Å². The van der Waals surface area contributed by atoms with E-state index in [0.29, 0.717) is 0 Å². The van der Waals surface area contributed by atoms with Crippen LogP contribution in [0.25, 0.3) is 0 Å². The molecule has 0 saturated heterocycles. The van der Waals surface area contributed by atoms with Gasteiger partial charge in [0.2, 0.25) is 0 Å². The van der Waals surface area contributed by atoms with Crippen LogP contribution in [0.4, 0.5) is 5.69 Å². The molecule has 0 radical (unpaired) electrons. The molecule has 0 unspecified atom stereocenters. The van der Waals surface area contributed by atoms with Gasteiger partial charge in [-0.05, 0) is 43.7 Å². The number of nitrogens with zero attached hydrogens (tertiary/aromatic N) is 1. The Morgan fingerprint density at radius 2 is 1.58 bits per heavy atom. The van der Waals surface area contributed by atoms with Gasteiger partial charge in [-0.2, -0.15) is 0 Å². The maximum absolute atomic E-state index is 12.4. The van der Waals surface area contributed by atoms with E-state index in [1.807, 2.05) is 75.3 Å². The van der Waals surface area contributed by atoms with Gasteiger partial charge < -0.3 is 4.90 Å². The van der Waals surface area contributed by atoms with E-state index in [-0.39, 0.29) is 5.78 Å². The van der Waals surface area contributed by atoms with Gasteiger partial charge in [-0.3, -0.25) is 4.79 Å². The van der Waals surface area contributed by atoms with E-state index in [4.69, 9.17) is 0 Å². The van der Waals surface area contributed by atoms with Gasteiger partial charge in [0.1, 0.15) is 0 Å². The van der Waals surface area contributed by atoms with Gasteiger partial charge in [0.25, 0.3) is 0 Å². The molecule has 0 bridgehead atoms. The normalized spacial score (nSPS) is 10.3. The van der Waals surface area contributed by atoms with Gasteiger partial charge in [0.15, 0.2) is 5.78 Å². The maximum atomic E-state index is 12.4. The van der Waals surface area contributed by atoms with Gasteiger partial charge >= 0.3 is 0 Å². The van der Waals surface area contributed by atoms with Crippen molar-refractivity contribution < 1.29 is 4.79 Å². The van der Waals surface area contributed by atoms with Crippen LogP contribution in [-0.4, -0.2) is 19.9 Å². The Bertz CT molecular complexity index is 597. The summed E-state index contributed by atoms with van der Waals surface area (Å²) in [4.78, 5) is 14.5. The number of carbonyl (C=O) groups is 1. The number of hydrogen-bond acceptors (Lipinski definition) is 2. The van der Waals surface area contributed by atoms with Crippen molar-refractivity contribution in [2.24, 2.45) is 0 Å². The lowest BCUT2D eigenvalue weighted by molar-refractivity contribution is 0.103. The number of ketones is 1. The molecular formula is C17H19NO. The lowest BCUT2D eigenvalue weighted by Crippen LogP contribution is -2.09. The lowest BCUT2D eigenvalue weighted by atomic mass is 9.97. The van der Waals surface area contributed by atoms with Gasteiger partial charge in [0.05, 0.1) is 0 Å². The van der Waals surface area contributed by atoms with Gasteiger partial charge in [-0.25, -0.2) is 0 Å². The smallest absolute Gasteiger partial charge is 0.193 e. The molecule has 0 aliphatic carbocycles. The molecule has 2 aromatic carbocycles. The first-order valence-electron chi connectivity index (χ1n) is 6.38. The highest BCUT2D eigenvalue weighted by atomic mass is 16.1. The second-order valence-corrected chi connectivity index (χ2v) is 5.09. The van der Waals surface area contributed by atoms with Crippen LogP contribution >= 0.6 is 0 Å². The van der Waals surface area contributed by atoms with Crippen molar-refractivity contribution >= 4 is 11.5 Å². The summed E-state index contributed by atoms with van der Waals surface area (Å²) in [7, 11) is 3.97. The Hall–Kier alpha value is -2.09. The minimum atomic E-state index is 0.0859. The van der Waals surface area contributed by atoms with Crippen molar-refractivity contribution in [2.75, 3.05) is 19.0 Å². The minimum absolute atomic E-state index is 0.0859. The van der Waals surface area contributed by atoms with Crippen molar-refractivity contribution in [3.63, 3.8) is 0 Å². The van der Waals surface area contributed by atoms with Gasteiger partial charge in [-0.1, -0.05) is 23.8 Å². The van der Waals surface area contributed by atoms with Crippen LogP contribution in [0.2, 0.25) is 0 Å². The van der Waals surface area contributed by atoms with E-state index < -0.39 is 0 Å². The van der Waals surface area contributed by atoms with Crippen molar-refractivity contribution in [1.29, 1.82) is 0 Å². The quantitative estimate of drug-likeness (QED) is 0.779. The van der Waals surface area contributed by atoms with Crippen LogP contribution in [0.15, 0.2) is 42.5 Å². The van der Waals surface area contributed by atoms with Crippen LogP contribution in [-0.2, 0) is 0 Å².